The summed E-state index contributed by atoms with van der Waals surface area (Å²) in [4.78, 5) is 11.8. The minimum atomic E-state index is -0.0987. The van der Waals surface area contributed by atoms with E-state index in [1.165, 1.54) is 12.8 Å². The van der Waals surface area contributed by atoms with Gasteiger partial charge in [-0.25, -0.2) is 9.97 Å². The average Bonchev–Trinajstić information content (AvgIpc) is 3.24. The van der Waals surface area contributed by atoms with Crippen LogP contribution in [0.15, 0.2) is 0 Å². The van der Waals surface area contributed by atoms with E-state index in [4.69, 9.17) is 10.2 Å². The van der Waals surface area contributed by atoms with Crippen molar-refractivity contribution in [3.8, 4) is 6.07 Å². The van der Waals surface area contributed by atoms with Gasteiger partial charge in [0.05, 0.1) is 12.5 Å². The van der Waals surface area contributed by atoms with Crippen molar-refractivity contribution in [2.45, 2.75) is 58.4 Å². The highest BCUT2D eigenvalue weighted by Crippen LogP contribution is 2.35. The Morgan fingerprint density at radius 3 is 2.48 bits per heavy atom. The van der Waals surface area contributed by atoms with Gasteiger partial charge in [-0.05, 0) is 19.8 Å². The third kappa shape index (κ3) is 3.44. The highest BCUT2D eigenvalue weighted by molar-refractivity contribution is 5.60. The first-order valence-electron chi connectivity index (χ1n) is 7.59. The van der Waals surface area contributed by atoms with E-state index in [1.54, 1.807) is 0 Å². The highest BCUT2D eigenvalue weighted by Gasteiger charge is 2.32. The summed E-state index contributed by atoms with van der Waals surface area (Å²) in [5.41, 5.74) is 0.966. The van der Waals surface area contributed by atoms with Crippen molar-refractivity contribution < 1.29 is 0 Å². The molecule has 1 aromatic heterocycles. The number of nitriles is 1. The Labute approximate surface area is 127 Å². The molecule has 1 fully saturated rings. The van der Waals surface area contributed by atoms with Crippen LogP contribution in [0.3, 0.4) is 0 Å². The van der Waals surface area contributed by atoms with E-state index in [-0.39, 0.29) is 5.41 Å². The van der Waals surface area contributed by atoms with Crippen LogP contribution >= 0.6 is 0 Å². The molecule has 0 amide bonds. The number of aromatic nitrogens is 2. The molecule has 1 N–H and O–H groups in total. The predicted octanol–water partition coefficient (Wildman–Crippen LogP) is 3.01. The normalized spacial score (nSPS) is 14.7. The first-order valence-corrected chi connectivity index (χ1v) is 7.59. The van der Waals surface area contributed by atoms with Crippen molar-refractivity contribution in [3.05, 3.63) is 11.4 Å². The summed E-state index contributed by atoms with van der Waals surface area (Å²) in [6.45, 7) is 9.16. The Morgan fingerprint density at radius 1 is 1.33 bits per heavy atom. The van der Waals surface area contributed by atoms with E-state index in [9.17, 15) is 0 Å². The lowest BCUT2D eigenvalue weighted by atomic mass is 9.95. The minimum absolute atomic E-state index is 0.0987. The number of nitrogens with one attached hydrogen (secondary N) is 1. The van der Waals surface area contributed by atoms with Crippen LogP contribution < -0.4 is 10.2 Å². The molecule has 0 bridgehead atoms. The molecule has 0 saturated heterocycles. The van der Waals surface area contributed by atoms with Crippen LogP contribution in [0, 0.1) is 18.3 Å². The number of nitrogens with zero attached hydrogens (tertiary/aromatic N) is 4. The van der Waals surface area contributed by atoms with Gasteiger partial charge in [0.2, 0.25) is 0 Å². The van der Waals surface area contributed by atoms with Gasteiger partial charge >= 0.3 is 0 Å². The quantitative estimate of drug-likeness (QED) is 0.902. The zero-order chi connectivity index (χ0) is 15.6. The molecule has 1 aromatic rings. The van der Waals surface area contributed by atoms with Crippen LogP contribution in [0.5, 0.6) is 0 Å². The molecule has 0 spiro atoms. The number of rotatable bonds is 5. The maximum atomic E-state index is 8.90. The van der Waals surface area contributed by atoms with Gasteiger partial charge in [0.1, 0.15) is 17.5 Å². The van der Waals surface area contributed by atoms with Crippen molar-refractivity contribution in [2.24, 2.45) is 0 Å². The molecule has 2 rings (SSSR count). The van der Waals surface area contributed by atoms with Gasteiger partial charge in [-0.15, -0.1) is 0 Å². The molecule has 1 aliphatic rings. The molecule has 1 saturated carbocycles. The summed E-state index contributed by atoms with van der Waals surface area (Å²) in [7, 11) is 1.89. The summed E-state index contributed by atoms with van der Waals surface area (Å²) in [6.07, 6.45) is 2.91. The molecule has 21 heavy (non-hydrogen) atoms. The third-order valence-electron chi connectivity index (χ3n) is 3.75. The average molecular weight is 287 g/mol. The topological polar surface area (TPSA) is 64.8 Å². The molecule has 1 aliphatic carbocycles. The highest BCUT2D eigenvalue weighted by atomic mass is 15.3. The summed E-state index contributed by atoms with van der Waals surface area (Å²) in [5, 5.41) is 12.1. The molecule has 5 nitrogen and oxygen atoms in total. The van der Waals surface area contributed by atoms with Crippen LogP contribution in [-0.2, 0) is 5.41 Å². The zero-order valence-electron chi connectivity index (χ0n) is 13.7. The maximum Gasteiger partial charge on any atom is 0.138 e. The molecule has 1 heterocycles. The van der Waals surface area contributed by atoms with Crippen LogP contribution in [0.1, 0.15) is 51.4 Å². The summed E-state index contributed by atoms with van der Waals surface area (Å²) in [5.74, 6) is 2.71. The Hall–Kier alpha value is -1.83. The molecule has 0 aromatic carbocycles. The first kappa shape index (κ1) is 15.6. The second-order valence-corrected chi connectivity index (χ2v) is 6.68. The summed E-state index contributed by atoms with van der Waals surface area (Å²) in [6, 6.07) is 2.77. The molecule has 5 heteroatoms. The monoisotopic (exact) mass is 287 g/mol. The van der Waals surface area contributed by atoms with Gasteiger partial charge in [0.25, 0.3) is 0 Å². The Morgan fingerprint density at radius 2 is 2.00 bits per heavy atom. The van der Waals surface area contributed by atoms with Crippen LogP contribution in [-0.4, -0.2) is 29.6 Å². The molecular weight excluding hydrogens is 262 g/mol. The van der Waals surface area contributed by atoms with E-state index in [1.807, 2.05) is 7.05 Å². The smallest absolute Gasteiger partial charge is 0.138 e. The molecule has 114 valence electrons. The number of hydrogen-bond acceptors (Lipinski definition) is 5. The lowest BCUT2D eigenvalue weighted by Gasteiger charge is -2.27. The third-order valence-corrected chi connectivity index (χ3v) is 3.75. The minimum Gasteiger partial charge on any atom is -0.373 e. The molecule has 0 aliphatic heterocycles. The van der Waals surface area contributed by atoms with Crippen molar-refractivity contribution >= 4 is 11.6 Å². The predicted molar refractivity (Wildman–Crippen MR) is 85.6 cm³/mol. The second kappa shape index (κ2) is 5.88. The lowest BCUT2D eigenvalue weighted by molar-refractivity contribution is 0.543. The number of hydrogen-bond donors (Lipinski definition) is 1. The van der Waals surface area contributed by atoms with E-state index < -0.39 is 0 Å². The van der Waals surface area contributed by atoms with Gasteiger partial charge in [0, 0.05) is 30.6 Å². The summed E-state index contributed by atoms with van der Waals surface area (Å²) < 4.78 is 0. The molecule has 0 atom stereocenters. The fourth-order valence-corrected chi connectivity index (χ4v) is 2.38. The largest absolute Gasteiger partial charge is 0.373 e. The van der Waals surface area contributed by atoms with Gasteiger partial charge in [-0.1, -0.05) is 20.8 Å². The van der Waals surface area contributed by atoms with Gasteiger partial charge in [-0.3, -0.25) is 0 Å². The fraction of sp³-hybridized carbons (Fsp3) is 0.688. The van der Waals surface area contributed by atoms with Gasteiger partial charge in [0.15, 0.2) is 0 Å². The van der Waals surface area contributed by atoms with Gasteiger partial charge < -0.3 is 10.2 Å². The first-order chi connectivity index (χ1) is 9.88. The van der Waals surface area contributed by atoms with Crippen LogP contribution in [0.2, 0.25) is 0 Å². The SMILES string of the molecule is CNc1nc(C(C)(C)C)nc(N(CCC#N)C2CC2)c1C. The fourth-order valence-electron chi connectivity index (χ4n) is 2.38. The van der Waals surface area contributed by atoms with E-state index in [0.29, 0.717) is 12.5 Å². The zero-order valence-corrected chi connectivity index (χ0v) is 13.7. The molecule has 0 unspecified atom stereocenters. The van der Waals surface area contributed by atoms with Crippen molar-refractivity contribution in [1.29, 1.82) is 5.26 Å². The van der Waals surface area contributed by atoms with Crippen molar-refractivity contribution in [2.75, 3.05) is 23.8 Å². The van der Waals surface area contributed by atoms with Crippen LogP contribution in [0.25, 0.3) is 0 Å². The van der Waals surface area contributed by atoms with Crippen molar-refractivity contribution in [1.82, 2.24) is 9.97 Å². The second-order valence-electron chi connectivity index (χ2n) is 6.68. The summed E-state index contributed by atoms with van der Waals surface area (Å²) >= 11 is 0. The van der Waals surface area contributed by atoms with Crippen LogP contribution in [0.4, 0.5) is 11.6 Å². The Kier molecular flexibility index (Phi) is 4.36. The lowest BCUT2D eigenvalue weighted by Crippen LogP contribution is -2.30. The van der Waals surface area contributed by atoms with Crippen molar-refractivity contribution in [3.63, 3.8) is 0 Å². The Balaban J connectivity index is 2.47. The molecule has 0 radical (unpaired) electrons. The molecular formula is C16H25N5. The van der Waals surface area contributed by atoms with E-state index in [0.717, 1.165) is 29.6 Å². The number of anilines is 2. The van der Waals surface area contributed by atoms with E-state index >= 15 is 0 Å². The van der Waals surface area contributed by atoms with Gasteiger partial charge in [-0.2, -0.15) is 5.26 Å². The Bertz CT molecular complexity index is 549. The van der Waals surface area contributed by atoms with E-state index in [2.05, 4.69) is 49.0 Å². The standard InChI is InChI=1S/C16H25N5/c1-11-13(18-5)19-15(16(2,3)4)20-14(11)21(10-6-9-17)12-7-8-12/h12H,6-8,10H2,1-5H3,(H,18,19,20). The maximum absolute atomic E-state index is 8.90.